The lowest BCUT2D eigenvalue weighted by molar-refractivity contribution is -0.143. The molecule has 0 aliphatic heterocycles. The minimum Gasteiger partial charge on any atom is -0.480 e. The smallest absolute Gasteiger partial charge is 0.326 e. The summed E-state index contributed by atoms with van der Waals surface area (Å²) < 4.78 is 0. The van der Waals surface area contributed by atoms with Crippen molar-refractivity contribution in [3.63, 3.8) is 0 Å². The van der Waals surface area contributed by atoms with Crippen molar-refractivity contribution in [1.82, 2.24) is 16.0 Å². The molecule has 0 aromatic heterocycles. The van der Waals surface area contributed by atoms with Gasteiger partial charge in [-0.2, -0.15) is 0 Å². The predicted molar refractivity (Wildman–Crippen MR) is 127 cm³/mol. The number of hydrogen-bond acceptors (Lipinski definition) is 7. The summed E-state index contributed by atoms with van der Waals surface area (Å²) in [7, 11) is 0. The molecule has 0 saturated carbocycles. The van der Waals surface area contributed by atoms with Gasteiger partial charge in [-0.1, -0.05) is 34.1 Å². The Morgan fingerprint density at radius 1 is 0.824 bits per heavy atom. The van der Waals surface area contributed by atoms with Gasteiger partial charge in [0.15, 0.2) is 0 Å². The van der Waals surface area contributed by atoms with Crippen LogP contribution in [0.25, 0.3) is 0 Å². The van der Waals surface area contributed by atoms with E-state index in [1.807, 2.05) is 13.8 Å². The third-order valence-electron chi connectivity index (χ3n) is 5.19. The van der Waals surface area contributed by atoms with Crippen molar-refractivity contribution >= 4 is 29.6 Å². The topological polar surface area (TPSA) is 220 Å². The SMILES string of the molecule is CC(C)CC(NC(=O)C(N)CCCCN)C(=O)NC(CCC(N)=O)C(=O)NC(C(=O)O)C(C)C. The summed E-state index contributed by atoms with van der Waals surface area (Å²) in [6.45, 7) is 7.47. The number of carboxylic acid groups (broad SMARTS) is 1. The number of unbranched alkanes of at least 4 members (excludes halogenated alkanes) is 1. The van der Waals surface area contributed by atoms with E-state index in [-0.39, 0.29) is 25.2 Å². The molecule has 0 bridgehead atoms. The van der Waals surface area contributed by atoms with Crippen molar-refractivity contribution < 1.29 is 29.1 Å². The van der Waals surface area contributed by atoms with E-state index >= 15 is 0 Å². The maximum absolute atomic E-state index is 13.0. The number of rotatable bonds is 17. The number of hydrogen-bond donors (Lipinski definition) is 7. The lowest BCUT2D eigenvalue weighted by atomic mass is 10.0. The number of primary amides is 1. The zero-order valence-electron chi connectivity index (χ0n) is 20.6. The van der Waals surface area contributed by atoms with Gasteiger partial charge in [0.25, 0.3) is 0 Å². The maximum Gasteiger partial charge on any atom is 0.326 e. The quantitative estimate of drug-likeness (QED) is 0.125. The van der Waals surface area contributed by atoms with Crippen LogP contribution in [0.5, 0.6) is 0 Å². The van der Waals surface area contributed by atoms with Gasteiger partial charge in [0.1, 0.15) is 18.1 Å². The zero-order chi connectivity index (χ0) is 26.4. The summed E-state index contributed by atoms with van der Waals surface area (Å²) >= 11 is 0. The molecule has 0 aliphatic carbocycles. The summed E-state index contributed by atoms with van der Waals surface area (Å²) in [6, 6.07) is -4.19. The fraction of sp³-hybridized carbons (Fsp3) is 0.773. The number of nitrogens with one attached hydrogen (secondary N) is 3. The highest BCUT2D eigenvalue weighted by molar-refractivity contribution is 5.94. The van der Waals surface area contributed by atoms with E-state index in [1.54, 1.807) is 13.8 Å². The molecular weight excluding hydrogens is 444 g/mol. The fourth-order valence-electron chi connectivity index (χ4n) is 3.22. The zero-order valence-corrected chi connectivity index (χ0v) is 20.6. The monoisotopic (exact) mass is 486 g/mol. The standard InChI is InChI=1S/C22H42N6O6/c1-12(2)11-16(27-19(30)14(24)7-5-6-10-23)21(32)26-15(8-9-17(25)29)20(31)28-18(13(3)4)22(33)34/h12-16,18H,5-11,23-24H2,1-4H3,(H2,25,29)(H,26,32)(H,27,30)(H,28,31)(H,33,34). The average Bonchev–Trinajstić information content (AvgIpc) is 2.72. The van der Waals surface area contributed by atoms with E-state index < -0.39 is 59.7 Å². The molecular formula is C22H42N6O6. The molecule has 196 valence electrons. The molecule has 4 amide bonds. The van der Waals surface area contributed by atoms with Crippen LogP contribution in [0, 0.1) is 11.8 Å². The maximum atomic E-state index is 13.0. The second-order valence-electron chi connectivity index (χ2n) is 9.22. The second kappa shape index (κ2) is 16.0. The largest absolute Gasteiger partial charge is 0.480 e. The highest BCUT2D eigenvalue weighted by Gasteiger charge is 2.31. The lowest BCUT2D eigenvalue weighted by Crippen LogP contribution is -2.58. The number of carboxylic acids is 1. The molecule has 0 rings (SSSR count). The van der Waals surface area contributed by atoms with Gasteiger partial charge < -0.3 is 38.3 Å². The van der Waals surface area contributed by atoms with Crippen molar-refractivity contribution in [2.24, 2.45) is 29.0 Å². The van der Waals surface area contributed by atoms with Crippen LogP contribution in [0.2, 0.25) is 0 Å². The minimum absolute atomic E-state index is 0.0275. The van der Waals surface area contributed by atoms with E-state index in [4.69, 9.17) is 17.2 Å². The molecule has 10 N–H and O–H groups in total. The molecule has 12 nitrogen and oxygen atoms in total. The number of carbonyl (C=O) groups excluding carboxylic acids is 4. The first-order chi connectivity index (χ1) is 15.8. The molecule has 4 atom stereocenters. The number of amides is 4. The van der Waals surface area contributed by atoms with Crippen LogP contribution in [-0.4, -0.2) is 65.4 Å². The molecule has 0 spiro atoms. The molecule has 12 heteroatoms. The highest BCUT2D eigenvalue weighted by Crippen LogP contribution is 2.09. The Morgan fingerprint density at radius 2 is 1.38 bits per heavy atom. The Balaban J connectivity index is 5.48. The van der Waals surface area contributed by atoms with Crippen LogP contribution in [-0.2, 0) is 24.0 Å². The Bertz CT molecular complexity index is 699. The Kier molecular flexibility index (Phi) is 14.7. The van der Waals surface area contributed by atoms with E-state index in [0.717, 1.165) is 6.42 Å². The molecule has 0 aromatic rings. The van der Waals surface area contributed by atoms with Crippen molar-refractivity contribution in [3.8, 4) is 0 Å². The Labute approximate surface area is 201 Å². The molecule has 0 aromatic carbocycles. The van der Waals surface area contributed by atoms with Crippen molar-refractivity contribution in [2.45, 2.75) is 90.4 Å². The minimum atomic E-state index is -1.23. The summed E-state index contributed by atoms with van der Waals surface area (Å²) in [6.07, 6.45) is 1.75. The average molecular weight is 487 g/mol. The van der Waals surface area contributed by atoms with E-state index in [2.05, 4.69) is 16.0 Å². The first-order valence-electron chi connectivity index (χ1n) is 11.7. The molecule has 34 heavy (non-hydrogen) atoms. The molecule has 4 unspecified atom stereocenters. The van der Waals surface area contributed by atoms with Gasteiger partial charge >= 0.3 is 5.97 Å². The van der Waals surface area contributed by atoms with Gasteiger partial charge in [-0.15, -0.1) is 0 Å². The summed E-state index contributed by atoms with van der Waals surface area (Å²) in [5, 5.41) is 16.9. The van der Waals surface area contributed by atoms with Crippen LogP contribution in [0.1, 0.15) is 66.2 Å². The third kappa shape index (κ3) is 12.5. The third-order valence-corrected chi connectivity index (χ3v) is 5.19. The summed E-state index contributed by atoms with van der Waals surface area (Å²) in [4.78, 5) is 61.0. The molecule has 0 fully saturated rings. The second-order valence-corrected chi connectivity index (χ2v) is 9.22. The predicted octanol–water partition coefficient (Wildman–Crippen LogP) is -1.05. The van der Waals surface area contributed by atoms with Crippen LogP contribution in [0.3, 0.4) is 0 Å². The Morgan fingerprint density at radius 3 is 1.85 bits per heavy atom. The molecule has 0 saturated heterocycles. The summed E-state index contributed by atoms with van der Waals surface area (Å²) in [5.74, 6) is -4.19. The van der Waals surface area contributed by atoms with Gasteiger partial charge in [-0.3, -0.25) is 19.2 Å². The van der Waals surface area contributed by atoms with Crippen LogP contribution in [0.4, 0.5) is 0 Å². The van der Waals surface area contributed by atoms with E-state index in [9.17, 15) is 29.1 Å². The molecule has 0 heterocycles. The first kappa shape index (κ1) is 31.3. The number of aliphatic carboxylic acids is 1. The summed E-state index contributed by atoms with van der Waals surface area (Å²) in [5.41, 5.74) is 16.6. The van der Waals surface area contributed by atoms with Gasteiger partial charge in [0.05, 0.1) is 6.04 Å². The van der Waals surface area contributed by atoms with Crippen LogP contribution in [0.15, 0.2) is 0 Å². The van der Waals surface area contributed by atoms with E-state index in [1.165, 1.54) is 0 Å². The van der Waals surface area contributed by atoms with Crippen LogP contribution >= 0.6 is 0 Å². The Hall–Kier alpha value is -2.73. The van der Waals surface area contributed by atoms with Crippen molar-refractivity contribution in [3.05, 3.63) is 0 Å². The van der Waals surface area contributed by atoms with E-state index in [0.29, 0.717) is 19.4 Å². The van der Waals surface area contributed by atoms with Crippen LogP contribution < -0.4 is 33.2 Å². The van der Waals surface area contributed by atoms with Gasteiger partial charge in [0, 0.05) is 6.42 Å². The van der Waals surface area contributed by atoms with Gasteiger partial charge in [-0.25, -0.2) is 4.79 Å². The van der Waals surface area contributed by atoms with Gasteiger partial charge in [0.2, 0.25) is 23.6 Å². The first-order valence-corrected chi connectivity index (χ1v) is 11.7. The fourth-order valence-corrected chi connectivity index (χ4v) is 3.22. The van der Waals surface area contributed by atoms with Gasteiger partial charge in [-0.05, 0) is 44.1 Å². The highest BCUT2D eigenvalue weighted by atomic mass is 16.4. The normalized spacial score (nSPS) is 14.7. The molecule has 0 radical (unpaired) electrons. The number of carbonyl (C=O) groups is 5. The van der Waals surface area contributed by atoms with Crippen molar-refractivity contribution in [2.75, 3.05) is 6.54 Å². The van der Waals surface area contributed by atoms with Crippen molar-refractivity contribution in [1.29, 1.82) is 0 Å². The lowest BCUT2D eigenvalue weighted by Gasteiger charge is -2.26. The number of nitrogens with two attached hydrogens (primary N) is 3. The molecule has 0 aliphatic rings.